The van der Waals surface area contributed by atoms with Crippen molar-refractivity contribution in [3.63, 3.8) is 0 Å². The Labute approximate surface area is 263 Å². The Kier molecular flexibility index (Phi) is 13.0. The van der Waals surface area contributed by atoms with E-state index in [4.69, 9.17) is 9.47 Å². The van der Waals surface area contributed by atoms with Gasteiger partial charge in [-0.3, -0.25) is 0 Å². The average molecular weight is 631 g/mol. The molecule has 12 nitrogen and oxygen atoms in total. The van der Waals surface area contributed by atoms with Crippen molar-refractivity contribution in [1.29, 1.82) is 0 Å². The minimum Gasteiger partial charge on any atom is -0.493 e. The van der Waals surface area contributed by atoms with Crippen LogP contribution in [0.3, 0.4) is 0 Å². The average Bonchev–Trinajstić information content (AvgIpc) is 3.04. The fourth-order valence-corrected chi connectivity index (χ4v) is 5.52. The molecule has 2 aromatic rings. The molecule has 2 aromatic carbocycles. The van der Waals surface area contributed by atoms with E-state index < -0.39 is 48.7 Å². The van der Waals surface area contributed by atoms with Crippen molar-refractivity contribution in [3.05, 3.63) is 84.2 Å². The van der Waals surface area contributed by atoms with Crippen LogP contribution in [0.4, 0.5) is 0 Å². The number of allylic oxidation sites excluding steroid dienone is 2. The van der Waals surface area contributed by atoms with Crippen LogP contribution in [-0.2, 0) is 12.8 Å². The Bertz CT molecular complexity index is 1120. The Morgan fingerprint density at radius 1 is 0.578 bits per heavy atom. The van der Waals surface area contributed by atoms with Gasteiger partial charge in [-0.2, -0.15) is 0 Å². The van der Waals surface area contributed by atoms with Crippen molar-refractivity contribution in [3.8, 4) is 11.5 Å². The van der Waals surface area contributed by atoms with Gasteiger partial charge in [0.15, 0.2) is 0 Å². The summed E-state index contributed by atoms with van der Waals surface area (Å²) in [5.41, 5.74) is 2.08. The monoisotopic (exact) mass is 630 g/mol. The molecular formula is C33H46N2O10. The molecule has 0 amide bonds. The molecule has 0 aliphatic carbocycles. The van der Waals surface area contributed by atoms with Crippen molar-refractivity contribution in [2.75, 3.05) is 39.5 Å². The maximum absolute atomic E-state index is 10.1. The molecule has 12 heteroatoms. The van der Waals surface area contributed by atoms with Crippen LogP contribution in [0.25, 0.3) is 0 Å². The smallest absolute Gasteiger partial charge is 0.119 e. The second-order valence-corrected chi connectivity index (χ2v) is 11.5. The standard InChI is InChI=1S/C33H46N2O10/c36-20-26-30(40)32(42)28(38)18-34(26)14-1-4-22-6-10-24(11-7-22)44-16-3-17-45-25-12-8-23(9-13-25)5-2-15-35-19-29(39)33(43)31(41)27(35)21-37/h1-2,6-15,26-33,36-43H,3-5,16-21H2/b14-1+,15-2+. The minimum absolute atomic E-state index is 0.124. The molecule has 0 saturated carbocycles. The fraction of sp³-hybridized carbons (Fsp3) is 0.515. The van der Waals surface area contributed by atoms with Crippen LogP contribution >= 0.6 is 0 Å². The van der Waals surface area contributed by atoms with Gasteiger partial charge >= 0.3 is 0 Å². The van der Waals surface area contributed by atoms with E-state index in [1.54, 1.807) is 22.2 Å². The van der Waals surface area contributed by atoms with Crippen LogP contribution in [0.15, 0.2) is 73.1 Å². The summed E-state index contributed by atoms with van der Waals surface area (Å²) in [6.07, 6.45) is 1.91. The van der Waals surface area contributed by atoms with Gasteiger partial charge in [-0.25, -0.2) is 0 Å². The van der Waals surface area contributed by atoms with Crippen LogP contribution in [0.5, 0.6) is 11.5 Å². The van der Waals surface area contributed by atoms with E-state index in [0.29, 0.717) is 32.5 Å². The number of β-amino-alcohol motifs (C(OH)–C–C–N with tert-alkyl or cyclic N) is 2. The van der Waals surface area contributed by atoms with Crippen LogP contribution < -0.4 is 9.47 Å². The van der Waals surface area contributed by atoms with Crippen LogP contribution in [-0.4, -0.2) is 139 Å². The van der Waals surface area contributed by atoms with E-state index in [2.05, 4.69) is 0 Å². The molecular weight excluding hydrogens is 584 g/mol. The van der Waals surface area contributed by atoms with Gasteiger partial charge in [0.05, 0.1) is 50.7 Å². The van der Waals surface area contributed by atoms with Gasteiger partial charge in [0.1, 0.15) is 35.9 Å². The maximum Gasteiger partial charge on any atom is 0.119 e. The normalized spacial score (nSPS) is 29.1. The lowest BCUT2D eigenvalue weighted by Crippen LogP contribution is -2.60. The predicted molar refractivity (Wildman–Crippen MR) is 165 cm³/mol. The molecule has 2 fully saturated rings. The number of nitrogens with zero attached hydrogens (tertiary/aromatic N) is 2. The first-order chi connectivity index (χ1) is 21.7. The van der Waals surface area contributed by atoms with Crippen molar-refractivity contribution >= 4 is 0 Å². The van der Waals surface area contributed by atoms with Gasteiger partial charge in [-0.1, -0.05) is 36.4 Å². The molecule has 2 aliphatic heterocycles. The molecule has 0 bridgehead atoms. The number of hydrogen-bond donors (Lipinski definition) is 8. The topological polar surface area (TPSA) is 187 Å². The van der Waals surface area contributed by atoms with Crippen molar-refractivity contribution in [2.45, 2.75) is 68.0 Å². The van der Waals surface area contributed by atoms with Gasteiger partial charge in [0.2, 0.25) is 0 Å². The molecule has 8 atom stereocenters. The summed E-state index contributed by atoms with van der Waals surface area (Å²) in [6.45, 7) is 0.554. The zero-order chi connectivity index (χ0) is 32.3. The van der Waals surface area contributed by atoms with Gasteiger partial charge in [-0.15, -0.1) is 0 Å². The summed E-state index contributed by atoms with van der Waals surface area (Å²) in [5, 5.41) is 78.8. The number of ether oxygens (including phenoxy) is 2. The largest absolute Gasteiger partial charge is 0.493 e. The number of likely N-dealkylation sites (tertiary alicyclic amines) is 2. The fourth-order valence-electron chi connectivity index (χ4n) is 5.52. The second kappa shape index (κ2) is 16.9. The van der Waals surface area contributed by atoms with E-state index in [-0.39, 0.29) is 26.3 Å². The lowest BCUT2D eigenvalue weighted by atomic mass is 9.94. The molecule has 248 valence electrons. The lowest BCUT2D eigenvalue weighted by Gasteiger charge is -2.42. The zero-order valence-corrected chi connectivity index (χ0v) is 25.2. The first kappa shape index (κ1) is 34.7. The molecule has 4 rings (SSSR count). The highest BCUT2D eigenvalue weighted by Crippen LogP contribution is 2.21. The third-order valence-electron chi connectivity index (χ3n) is 8.27. The Balaban J connectivity index is 1.12. The highest BCUT2D eigenvalue weighted by molar-refractivity contribution is 5.29. The molecule has 8 unspecified atom stereocenters. The Morgan fingerprint density at radius 2 is 0.956 bits per heavy atom. The van der Waals surface area contributed by atoms with Gasteiger partial charge in [0.25, 0.3) is 0 Å². The molecule has 0 radical (unpaired) electrons. The zero-order valence-electron chi connectivity index (χ0n) is 25.2. The molecule has 45 heavy (non-hydrogen) atoms. The summed E-state index contributed by atoms with van der Waals surface area (Å²) in [7, 11) is 0. The Morgan fingerprint density at radius 3 is 1.31 bits per heavy atom. The third kappa shape index (κ3) is 9.41. The molecule has 2 heterocycles. The Hall–Kier alpha value is -3.20. The van der Waals surface area contributed by atoms with E-state index >= 15 is 0 Å². The summed E-state index contributed by atoms with van der Waals surface area (Å²) in [5.74, 6) is 1.48. The van der Waals surface area contributed by atoms with Crippen LogP contribution in [0.2, 0.25) is 0 Å². The predicted octanol–water partition coefficient (Wildman–Crippen LogP) is -0.835. The molecule has 2 saturated heterocycles. The van der Waals surface area contributed by atoms with Gasteiger partial charge < -0.3 is 60.1 Å². The van der Waals surface area contributed by atoms with Gasteiger partial charge in [-0.05, 0) is 60.6 Å². The number of aliphatic hydroxyl groups is 8. The van der Waals surface area contributed by atoms with Crippen LogP contribution in [0, 0.1) is 0 Å². The molecule has 0 aromatic heterocycles. The molecule has 0 spiro atoms. The summed E-state index contributed by atoms with van der Waals surface area (Å²) >= 11 is 0. The summed E-state index contributed by atoms with van der Waals surface area (Å²) < 4.78 is 11.6. The van der Waals surface area contributed by atoms with E-state index in [0.717, 1.165) is 22.6 Å². The minimum atomic E-state index is -1.28. The van der Waals surface area contributed by atoms with Crippen molar-refractivity contribution in [1.82, 2.24) is 9.80 Å². The quantitative estimate of drug-likeness (QED) is 0.121. The third-order valence-corrected chi connectivity index (χ3v) is 8.27. The number of piperidine rings is 2. The number of aliphatic hydroxyl groups excluding tert-OH is 8. The highest BCUT2D eigenvalue weighted by Gasteiger charge is 2.40. The van der Waals surface area contributed by atoms with E-state index in [9.17, 15) is 40.9 Å². The summed E-state index contributed by atoms with van der Waals surface area (Å²) in [6, 6.07) is 14.0. The van der Waals surface area contributed by atoms with E-state index in [1.807, 2.05) is 60.7 Å². The molecule has 2 aliphatic rings. The van der Waals surface area contributed by atoms with Gasteiger partial charge in [0, 0.05) is 19.5 Å². The maximum atomic E-state index is 10.1. The first-order valence-corrected chi connectivity index (χ1v) is 15.3. The number of rotatable bonds is 14. The summed E-state index contributed by atoms with van der Waals surface area (Å²) in [4.78, 5) is 3.29. The second-order valence-electron chi connectivity index (χ2n) is 11.5. The lowest BCUT2D eigenvalue weighted by molar-refractivity contribution is -0.133. The SMILES string of the molecule is OCC1C(O)C(O)C(O)CN1/C=C/Cc1ccc(OCCCOc2ccc(C/C=C/N3CC(O)C(O)C(O)C3CO)cc2)cc1. The molecule has 8 N–H and O–H groups in total. The van der Waals surface area contributed by atoms with E-state index in [1.165, 1.54) is 0 Å². The first-order valence-electron chi connectivity index (χ1n) is 15.3. The van der Waals surface area contributed by atoms with Crippen molar-refractivity contribution < 1.29 is 50.3 Å². The van der Waals surface area contributed by atoms with Crippen molar-refractivity contribution in [2.24, 2.45) is 0 Å². The highest BCUT2D eigenvalue weighted by atomic mass is 16.5. The van der Waals surface area contributed by atoms with Crippen LogP contribution in [0.1, 0.15) is 17.5 Å². The number of benzene rings is 2. The number of hydrogen-bond acceptors (Lipinski definition) is 12.